The molecular formula is C24H23ClF3N3O6. The van der Waals surface area contributed by atoms with Gasteiger partial charge in [-0.3, -0.25) is 9.36 Å². The van der Waals surface area contributed by atoms with Crippen molar-refractivity contribution in [3.63, 3.8) is 0 Å². The molecule has 2 atom stereocenters. The van der Waals surface area contributed by atoms with E-state index in [0.29, 0.717) is 11.3 Å². The second kappa shape index (κ2) is 10.5. The highest BCUT2D eigenvalue weighted by atomic mass is 35.5. The topological polar surface area (TPSA) is 93.9 Å². The Kier molecular flexibility index (Phi) is 7.51. The first-order valence-electron chi connectivity index (χ1n) is 11.1. The standard InChI is InChI=1S/C24H23ClF3N3O6/c1-5-36-18(32)11-17-22-29-30-23(24(26,27)28)31(22)19-14(9-12(25)10-16(19)34-3)20(37-17)13-7-6-8-15(33-2)21(13)35-4/h6-10,17,20H,5,11H2,1-4H3/t17-,20-/m1/s1. The maximum Gasteiger partial charge on any atom is 0.452 e. The first-order valence-corrected chi connectivity index (χ1v) is 11.4. The van der Waals surface area contributed by atoms with Gasteiger partial charge in [0, 0.05) is 22.2 Å². The highest BCUT2D eigenvalue weighted by molar-refractivity contribution is 6.30. The molecule has 0 unspecified atom stereocenters. The van der Waals surface area contributed by atoms with Crippen LogP contribution in [0.5, 0.6) is 17.2 Å². The molecule has 0 N–H and O–H groups in total. The summed E-state index contributed by atoms with van der Waals surface area (Å²) in [5.74, 6) is -1.61. The summed E-state index contributed by atoms with van der Waals surface area (Å²) in [6.45, 7) is 1.69. The number of carbonyl (C=O) groups excluding carboxylic acids is 1. The average molecular weight is 542 g/mol. The molecule has 1 aliphatic rings. The Balaban J connectivity index is 2.07. The van der Waals surface area contributed by atoms with Crippen molar-refractivity contribution in [3.05, 3.63) is 58.1 Å². The molecule has 13 heteroatoms. The van der Waals surface area contributed by atoms with Crippen LogP contribution in [-0.2, 0) is 20.4 Å². The van der Waals surface area contributed by atoms with Gasteiger partial charge in [-0.15, -0.1) is 10.2 Å². The second-order valence-electron chi connectivity index (χ2n) is 7.86. The molecule has 0 aliphatic carbocycles. The molecule has 2 aromatic carbocycles. The Labute approximate surface area is 215 Å². The van der Waals surface area contributed by atoms with Gasteiger partial charge < -0.3 is 23.7 Å². The molecule has 0 bridgehead atoms. The molecule has 1 aliphatic heterocycles. The lowest BCUT2D eigenvalue weighted by atomic mass is 9.97. The molecule has 198 valence electrons. The third-order valence-electron chi connectivity index (χ3n) is 5.70. The van der Waals surface area contributed by atoms with E-state index < -0.39 is 36.6 Å². The summed E-state index contributed by atoms with van der Waals surface area (Å²) < 4.78 is 71.0. The van der Waals surface area contributed by atoms with Gasteiger partial charge in [-0.2, -0.15) is 13.2 Å². The van der Waals surface area contributed by atoms with Crippen LogP contribution in [0.25, 0.3) is 5.69 Å². The van der Waals surface area contributed by atoms with Gasteiger partial charge >= 0.3 is 12.1 Å². The van der Waals surface area contributed by atoms with E-state index in [1.165, 1.54) is 33.5 Å². The lowest BCUT2D eigenvalue weighted by Crippen LogP contribution is -2.18. The van der Waals surface area contributed by atoms with Crippen molar-refractivity contribution < 1.29 is 41.7 Å². The molecule has 2 heterocycles. The van der Waals surface area contributed by atoms with Crippen molar-refractivity contribution in [2.24, 2.45) is 0 Å². The fourth-order valence-corrected chi connectivity index (χ4v) is 4.48. The van der Waals surface area contributed by atoms with E-state index in [4.69, 9.17) is 35.3 Å². The number of ether oxygens (including phenoxy) is 5. The number of para-hydroxylation sites is 1. The van der Waals surface area contributed by atoms with E-state index in [9.17, 15) is 18.0 Å². The van der Waals surface area contributed by atoms with Crippen molar-refractivity contribution in [2.45, 2.75) is 31.7 Å². The maximum absolute atomic E-state index is 14.1. The van der Waals surface area contributed by atoms with Gasteiger partial charge in [-0.1, -0.05) is 23.7 Å². The molecule has 0 amide bonds. The fourth-order valence-electron chi connectivity index (χ4n) is 4.27. The third-order valence-corrected chi connectivity index (χ3v) is 5.92. The van der Waals surface area contributed by atoms with Gasteiger partial charge in [-0.25, -0.2) is 0 Å². The van der Waals surface area contributed by atoms with Gasteiger partial charge in [-0.05, 0) is 19.1 Å². The van der Waals surface area contributed by atoms with Crippen molar-refractivity contribution in [1.29, 1.82) is 0 Å². The predicted octanol–water partition coefficient (Wildman–Crippen LogP) is 5.08. The minimum atomic E-state index is -4.89. The van der Waals surface area contributed by atoms with Gasteiger partial charge in [0.15, 0.2) is 17.3 Å². The summed E-state index contributed by atoms with van der Waals surface area (Å²) in [5, 5.41) is 7.37. The number of alkyl halides is 3. The highest BCUT2D eigenvalue weighted by Gasteiger charge is 2.45. The van der Waals surface area contributed by atoms with Crippen LogP contribution in [0.1, 0.15) is 48.3 Å². The van der Waals surface area contributed by atoms with Gasteiger partial charge in [0.1, 0.15) is 18.0 Å². The zero-order valence-corrected chi connectivity index (χ0v) is 21.0. The van der Waals surface area contributed by atoms with Gasteiger partial charge in [0.05, 0.1) is 40.0 Å². The Morgan fingerprint density at radius 1 is 1.08 bits per heavy atom. The number of hydrogen-bond acceptors (Lipinski definition) is 8. The van der Waals surface area contributed by atoms with Crippen LogP contribution in [0.3, 0.4) is 0 Å². The molecule has 37 heavy (non-hydrogen) atoms. The average Bonchev–Trinajstić information content (AvgIpc) is 3.26. The predicted molar refractivity (Wildman–Crippen MR) is 124 cm³/mol. The Morgan fingerprint density at radius 3 is 2.43 bits per heavy atom. The van der Waals surface area contributed by atoms with Gasteiger partial charge in [0.2, 0.25) is 5.82 Å². The van der Waals surface area contributed by atoms with Crippen molar-refractivity contribution in [3.8, 4) is 22.9 Å². The summed E-state index contributed by atoms with van der Waals surface area (Å²) in [4.78, 5) is 12.5. The molecule has 1 aromatic heterocycles. The zero-order chi connectivity index (χ0) is 26.9. The van der Waals surface area contributed by atoms with Crippen LogP contribution in [0.4, 0.5) is 13.2 Å². The smallest absolute Gasteiger partial charge is 0.452 e. The lowest BCUT2D eigenvalue weighted by molar-refractivity contribution is -0.147. The number of fused-ring (bicyclic) bond motifs is 3. The molecule has 9 nitrogen and oxygen atoms in total. The van der Waals surface area contributed by atoms with E-state index >= 15 is 0 Å². The largest absolute Gasteiger partial charge is 0.494 e. The van der Waals surface area contributed by atoms with Crippen LogP contribution >= 0.6 is 11.6 Å². The number of aromatic nitrogens is 3. The van der Waals surface area contributed by atoms with Crippen LogP contribution < -0.4 is 14.2 Å². The van der Waals surface area contributed by atoms with Crippen molar-refractivity contribution >= 4 is 17.6 Å². The monoisotopic (exact) mass is 541 g/mol. The number of esters is 1. The van der Waals surface area contributed by atoms with Crippen LogP contribution in [0.15, 0.2) is 30.3 Å². The highest BCUT2D eigenvalue weighted by Crippen LogP contribution is 2.49. The van der Waals surface area contributed by atoms with Crippen LogP contribution in [0, 0.1) is 0 Å². The molecule has 4 rings (SSSR count). The minimum absolute atomic E-state index is 0.0151. The Bertz CT molecular complexity index is 1310. The number of halogens is 4. The summed E-state index contributed by atoms with van der Waals surface area (Å²) in [6.07, 6.45) is -7.71. The number of nitrogens with zero attached hydrogens (tertiary/aromatic N) is 3. The molecule has 3 aromatic rings. The summed E-state index contributed by atoms with van der Waals surface area (Å²) in [5.41, 5.74) is 0.572. The van der Waals surface area contributed by atoms with Gasteiger partial charge in [0.25, 0.3) is 0 Å². The Morgan fingerprint density at radius 2 is 1.81 bits per heavy atom. The first-order chi connectivity index (χ1) is 17.6. The van der Waals surface area contributed by atoms with Crippen molar-refractivity contribution in [1.82, 2.24) is 14.8 Å². The van der Waals surface area contributed by atoms with E-state index in [1.807, 2.05) is 0 Å². The number of methoxy groups -OCH3 is 3. The Hall–Kier alpha value is -3.51. The molecule has 0 radical (unpaired) electrons. The quantitative estimate of drug-likeness (QED) is 0.382. The van der Waals surface area contributed by atoms with Crippen LogP contribution in [-0.4, -0.2) is 48.7 Å². The molecule has 0 fully saturated rings. The zero-order valence-electron chi connectivity index (χ0n) is 20.3. The fraction of sp³-hybridized carbons (Fsp3) is 0.375. The molecule has 0 saturated heterocycles. The van der Waals surface area contributed by atoms with E-state index in [2.05, 4.69) is 10.2 Å². The number of benzene rings is 2. The second-order valence-corrected chi connectivity index (χ2v) is 8.29. The third kappa shape index (κ3) is 4.90. The van der Waals surface area contributed by atoms with E-state index in [-0.39, 0.29) is 40.2 Å². The molecular weight excluding hydrogens is 519 g/mol. The molecule has 0 saturated carbocycles. The summed E-state index contributed by atoms with van der Waals surface area (Å²) >= 11 is 6.36. The number of hydrogen-bond donors (Lipinski definition) is 0. The molecule has 0 spiro atoms. The number of carbonyl (C=O) groups is 1. The van der Waals surface area contributed by atoms with Crippen LogP contribution in [0.2, 0.25) is 5.02 Å². The first kappa shape index (κ1) is 26.6. The normalized spacial score (nSPS) is 16.9. The minimum Gasteiger partial charge on any atom is -0.494 e. The summed E-state index contributed by atoms with van der Waals surface area (Å²) in [6, 6.07) is 7.83. The summed E-state index contributed by atoms with van der Waals surface area (Å²) in [7, 11) is 4.17. The SMILES string of the molecule is CCOC(=O)C[C@H]1O[C@H](c2cccc(OC)c2OC)c2cc(Cl)cc(OC)c2-n2c1nnc2C(F)(F)F. The van der Waals surface area contributed by atoms with E-state index in [1.54, 1.807) is 25.1 Å². The van der Waals surface area contributed by atoms with Crippen molar-refractivity contribution in [2.75, 3.05) is 27.9 Å². The lowest BCUT2D eigenvalue weighted by Gasteiger charge is -2.25. The maximum atomic E-state index is 14.1. The van der Waals surface area contributed by atoms with E-state index in [0.717, 1.165) is 4.57 Å². The number of rotatable bonds is 7.